The summed E-state index contributed by atoms with van der Waals surface area (Å²) in [6, 6.07) is 0.823. The zero-order chi connectivity index (χ0) is 17.1. The Balaban J connectivity index is 3.27. The zero-order valence-corrected chi connectivity index (χ0v) is 15.2. The molecule has 0 saturated heterocycles. The number of carboxylic acids is 1. The molecule has 0 radical (unpaired) electrons. The summed E-state index contributed by atoms with van der Waals surface area (Å²) in [6.45, 7) is 7.19. The van der Waals surface area contributed by atoms with Crippen molar-refractivity contribution in [2.75, 3.05) is 12.0 Å². The lowest BCUT2D eigenvalue weighted by atomic mass is 10.0. The number of nitrogens with one attached hydrogen (secondary N) is 1. The van der Waals surface area contributed by atoms with Crippen molar-refractivity contribution >= 4 is 27.8 Å². The fourth-order valence-corrected chi connectivity index (χ4v) is 4.61. The van der Waals surface area contributed by atoms with E-state index >= 15 is 0 Å². The molecular weight excluding hydrogens is 322 g/mol. The molecule has 0 saturated carbocycles. The Kier molecular flexibility index (Phi) is 6.46. The van der Waals surface area contributed by atoms with Crippen molar-refractivity contribution in [3.63, 3.8) is 0 Å². The second-order valence-corrected chi connectivity index (χ2v) is 8.02. The fraction of sp³-hybridized carbons (Fsp3) is 0.533. The Morgan fingerprint density at radius 2 is 1.73 bits per heavy atom. The van der Waals surface area contributed by atoms with Crippen molar-refractivity contribution < 1.29 is 18.3 Å². The minimum atomic E-state index is -3.88. The number of aliphatic carboxylic acids is 1. The zero-order valence-electron chi connectivity index (χ0n) is 13.6. The van der Waals surface area contributed by atoms with Crippen molar-refractivity contribution in [3.8, 4) is 0 Å². The number of benzene rings is 1. The first-order valence-electron chi connectivity index (χ1n) is 6.93. The van der Waals surface area contributed by atoms with Crippen LogP contribution in [-0.4, -0.2) is 37.5 Å². The molecule has 1 aromatic carbocycles. The van der Waals surface area contributed by atoms with Gasteiger partial charge in [0, 0.05) is 0 Å². The van der Waals surface area contributed by atoms with Gasteiger partial charge in [0.25, 0.3) is 0 Å². The van der Waals surface area contributed by atoms with Crippen LogP contribution in [0.2, 0.25) is 0 Å². The summed E-state index contributed by atoms with van der Waals surface area (Å²) in [5.74, 6) is -0.582. The highest BCUT2D eigenvalue weighted by molar-refractivity contribution is 7.98. The van der Waals surface area contributed by atoms with E-state index in [4.69, 9.17) is 0 Å². The number of sulfonamides is 1. The molecule has 22 heavy (non-hydrogen) atoms. The third-order valence-corrected chi connectivity index (χ3v) is 6.16. The van der Waals surface area contributed by atoms with E-state index in [0.29, 0.717) is 16.9 Å². The molecule has 1 rings (SSSR count). The summed E-state index contributed by atoms with van der Waals surface area (Å²) in [5.41, 5.74) is 3.06. The molecule has 0 heterocycles. The number of hydrogen-bond donors (Lipinski definition) is 2. The molecule has 0 aliphatic carbocycles. The lowest BCUT2D eigenvalue weighted by Gasteiger charge is -2.19. The molecule has 0 amide bonds. The smallest absolute Gasteiger partial charge is 0.321 e. The Labute approximate surface area is 136 Å². The van der Waals surface area contributed by atoms with Crippen molar-refractivity contribution in [2.45, 2.75) is 45.1 Å². The van der Waals surface area contributed by atoms with E-state index in [0.717, 1.165) is 11.1 Å². The lowest BCUT2D eigenvalue weighted by Crippen LogP contribution is -2.41. The molecule has 0 spiro atoms. The lowest BCUT2D eigenvalue weighted by molar-refractivity contribution is -0.139. The maximum Gasteiger partial charge on any atom is 0.321 e. The van der Waals surface area contributed by atoms with Crippen LogP contribution in [0.15, 0.2) is 11.0 Å². The molecule has 1 aromatic rings. The van der Waals surface area contributed by atoms with E-state index < -0.39 is 22.0 Å². The number of carbonyl (C=O) groups is 1. The molecule has 7 heteroatoms. The Bertz CT molecular complexity index is 642. The number of rotatable bonds is 7. The average Bonchev–Trinajstić information content (AvgIpc) is 2.41. The van der Waals surface area contributed by atoms with Gasteiger partial charge in [-0.2, -0.15) is 16.5 Å². The maximum atomic E-state index is 12.7. The molecule has 124 valence electrons. The number of aryl methyl sites for hydroxylation is 2. The molecule has 0 aliphatic rings. The van der Waals surface area contributed by atoms with Gasteiger partial charge in [0.1, 0.15) is 6.04 Å². The molecular formula is C15H23NO4S2. The predicted molar refractivity (Wildman–Crippen MR) is 90.1 cm³/mol. The second-order valence-electron chi connectivity index (χ2n) is 5.38. The third-order valence-electron chi connectivity index (χ3n) is 3.77. The Morgan fingerprint density at radius 1 is 1.23 bits per heavy atom. The molecule has 0 unspecified atom stereocenters. The van der Waals surface area contributed by atoms with Crippen LogP contribution in [0.5, 0.6) is 0 Å². The minimum Gasteiger partial charge on any atom is -0.480 e. The summed E-state index contributed by atoms with van der Waals surface area (Å²) in [7, 11) is -3.88. The minimum absolute atomic E-state index is 0.195. The number of carboxylic acid groups (broad SMARTS) is 1. The van der Waals surface area contributed by atoms with Crippen molar-refractivity contribution in [3.05, 3.63) is 28.3 Å². The van der Waals surface area contributed by atoms with Crippen LogP contribution >= 0.6 is 11.8 Å². The molecule has 1 atom stereocenters. The standard InChI is InChI=1S/C15H23NO4S2/c1-9-8-10(2)12(4)14(11(9)3)22(19,20)16-13(15(17)18)6-7-21-5/h8,13,16H,6-7H2,1-5H3,(H,17,18)/t13-/m0/s1. The van der Waals surface area contributed by atoms with Gasteiger partial charge in [-0.3, -0.25) is 4.79 Å². The van der Waals surface area contributed by atoms with Gasteiger partial charge in [0.2, 0.25) is 10.0 Å². The van der Waals surface area contributed by atoms with Gasteiger partial charge in [-0.15, -0.1) is 0 Å². The van der Waals surface area contributed by atoms with E-state index in [2.05, 4.69) is 4.72 Å². The largest absolute Gasteiger partial charge is 0.480 e. The van der Waals surface area contributed by atoms with Gasteiger partial charge in [-0.1, -0.05) is 6.07 Å². The van der Waals surface area contributed by atoms with Crippen LogP contribution in [0.25, 0.3) is 0 Å². The number of thioether (sulfide) groups is 1. The first kappa shape index (κ1) is 19.0. The van der Waals surface area contributed by atoms with Crippen LogP contribution in [0.1, 0.15) is 28.7 Å². The first-order chi connectivity index (χ1) is 10.1. The average molecular weight is 345 g/mol. The van der Waals surface area contributed by atoms with Crippen molar-refractivity contribution in [1.82, 2.24) is 4.72 Å². The monoisotopic (exact) mass is 345 g/mol. The van der Waals surface area contributed by atoms with Gasteiger partial charge in [-0.05, 0) is 68.4 Å². The molecule has 5 nitrogen and oxygen atoms in total. The van der Waals surface area contributed by atoms with Crippen LogP contribution in [0, 0.1) is 27.7 Å². The van der Waals surface area contributed by atoms with E-state index in [1.807, 2.05) is 26.2 Å². The second kappa shape index (κ2) is 7.48. The van der Waals surface area contributed by atoms with Gasteiger partial charge >= 0.3 is 5.97 Å². The Hall–Kier alpha value is -1.05. The van der Waals surface area contributed by atoms with E-state index in [1.165, 1.54) is 11.8 Å². The summed E-state index contributed by atoms with van der Waals surface area (Å²) >= 11 is 1.48. The molecule has 0 bridgehead atoms. The Morgan fingerprint density at radius 3 is 2.14 bits per heavy atom. The summed E-state index contributed by atoms with van der Waals surface area (Å²) in [4.78, 5) is 11.5. The summed E-state index contributed by atoms with van der Waals surface area (Å²) in [6.07, 6.45) is 2.10. The summed E-state index contributed by atoms with van der Waals surface area (Å²) in [5, 5.41) is 9.22. The van der Waals surface area contributed by atoms with Gasteiger partial charge in [0.05, 0.1) is 4.90 Å². The highest BCUT2D eigenvalue weighted by Gasteiger charge is 2.28. The molecule has 0 aliphatic heterocycles. The van der Waals surface area contributed by atoms with Gasteiger partial charge < -0.3 is 5.11 Å². The van der Waals surface area contributed by atoms with Crippen LogP contribution in [0.3, 0.4) is 0 Å². The van der Waals surface area contributed by atoms with Gasteiger partial charge in [-0.25, -0.2) is 8.42 Å². The maximum absolute atomic E-state index is 12.7. The summed E-state index contributed by atoms with van der Waals surface area (Å²) < 4.78 is 27.7. The van der Waals surface area contributed by atoms with E-state index in [-0.39, 0.29) is 11.3 Å². The van der Waals surface area contributed by atoms with Crippen LogP contribution in [-0.2, 0) is 14.8 Å². The van der Waals surface area contributed by atoms with E-state index in [9.17, 15) is 18.3 Å². The quantitative estimate of drug-likeness (QED) is 0.793. The number of hydrogen-bond acceptors (Lipinski definition) is 4. The van der Waals surface area contributed by atoms with Gasteiger partial charge in [0.15, 0.2) is 0 Å². The SMILES string of the molecule is CSCC[C@H](NS(=O)(=O)c1c(C)c(C)cc(C)c1C)C(=O)O. The molecule has 2 N–H and O–H groups in total. The highest BCUT2D eigenvalue weighted by Crippen LogP contribution is 2.26. The van der Waals surface area contributed by atoms with Crippen molar-refractivity contribution in [2.24, 2.45) is 0 Å². The van der Waals surface area contributed by atoms with Crippen LogP contribution in [0.4, 0.5) is 0 Å². The normalized spacial score (nSPS) is 13.1. The fourth-order valence-electron chi connectivity index (χ4n) is 2.30. The van der Waals surface area contributed by atoms with E-state index in [1.54, 1.807) is 13.8 Å². The third kappa shape index (κ3) is 4.24. The van der Waals surface area contributed by atoms with Crippen molar-refractivity contribution in [1.29, 1.82) is 0 Å². The molecule has 0 fully saturated rings. The first-order valence-corrected chi connectivity index (χ1v) is 9.81. The van der Waals surface area contributed by atoms with Crippen LogP contribution < -0.4 is 4.72 Å². The molecule has 0 aromatic heterocycles. The predicted octanol–water partition coefficient (Wildman–Crippen LogP) is 2.40. The topological polar surface area (TPSA) is 83.5 Å². The highest BCUT2D eigenvalue weighted by atomic mass is 32.2.